The van der Waals surface area contributed by atoms with Gasteiger partial charge >= 0.3 is 0 Å². The summed E-state index contributed by atoms with van der Waals surface area (Å²) in [6, 6.07) is 6.65. The van der Waals surface area contributed by atoms with Crippen molar-refractivity contribution in [1.29, 1.82) is 0 Å². The molecule has 0 saturated carbocycles. The van der Waals surface area contributed by atoms with Crippen LogP contribution in [0.1, 0.15) is 47.4 Å². The summed E-state index contributed by atoms with van der Waals surface area (Å²) in [6.07, 6.45) is -0.503. The first-order valence-electron chi connectivity index (χ1n) is 7.23. The largest absolute Gasteiger partial charge is 0.393 e. The molecule has 0 saturated heterocycles. The summed E-state index contributed by atoms with van der Waals surface area (Å²) in [5, 5.41) is 19.7. The van der Waals surface area contributed by atoms with Crippen LogP contribution in [0, 0.1) is 5.92 Å². The van der Waals surface area contributed by atoms with Gasteiger partial charge in [0.15, 0.2) is 0 Å². The Hall–Kier alpha value is -1.72. The SMILES string of the molecule is CC(C)C(O)CC[C@H](O)CN1C(=O)c2ccccc2C1=O. The molecule has 1 aromatic rings. The number of benzene rings is 1. The number of β-amino-alcohol motifs (C(OH)–C–C–N with tert-alkyl or cyclic N) is 1. The highest BCUT2D eigenvalue weighted by Crippen LogP contribution is 2.23. The van der Waals surface area contributed by atoms with Crippen molar-refractivity contribution in [3.05, 3.63) is 35.4 Å². The second-order valence-corrected chi connectivity index (χ2v) is 5.81. The number of rotatable bonds is 6. The van der Waals surface area contributed by atoms with Crippen LogP contribution in [0.15, 0.2) is 24.3 Å². The van der Waals surface area contributed by atoms with Gasteiger partial charge < -0.3 is 10.2 Å². The zero-order valence-corrected chi connectivity index (χ0v) is 12.3. The smallest absolute Gasteiger partial charge is 0.261 e. The number of carbonyl (C=O) groups is 2. The molecule has 1 aliphatic rings. The molecule has 2 N–H and O–H groups in total. The van der Waals surface area contributed by atoms with Gasteiger partial charge in [0, 0.05) is 0 Å². The molecule has 0 fully saturated rings. The number of hydrogen-bond donors (Lipinski definition) is 2. The number of amides is 2. The lowest BCUT2D eigenvalue weighted by molar-refractivity contribution is 0.0475. The Morgan fingerprint density at radius 2 is 1.52 bits per heavy atom. The number of aliphatic hydroxyl groups excluding tert-OH is 2. The van der Waals surface area contributed by atoms with E-state index in [0.29, 0.717) is 24.0 Å². The molecule has 114 valence electrons. The normalized spacial score (nSPS) is 17.3. The van der Waals surface area contributed by atoms with Crippen LogP contribution >= 0.6 is 0 Å². The van der Waals surface area contributed by atoms with Gasteiger partial charge in [-0.3, -0.25) is 14.5 Å². The van der Waals surface area contributed by atoms with Crippen molar-refractivity contribution in [3.63, 3.8) is 0 Å². The maximum Gasteiger partial charge on any atom is 0.261 e. The monoisotopic (exact) mass is 291 g/mol. The van der Waals surface area contributed by atoms with Crippen LogP contribution in [0.25, 0.3) is 0 Å². The lowest BCUT2D eigenvalue weighted by atomic mass is 10.0. The van der Waals surface area contributed by atoms with Crippen LogP contribution < -0.4 is 0 Å². The van der Waals surface area contributed by atoms with E-state index in [1.54, 1.807) is 24.3 Å². The van der Waals surface area contributed by atoms with Gasteiger partial charge in [-0.1, -0.05) is 26.0 Å². The average Bonchev–Trinajstić information content (AvgIpc) is 2.70. The molecule has 2 rings (SSSR count). The van der Waals surface area contributed by atoms with Crippen molar-refractivity contribution in [2.75, 3.05) is 6.54 Å². The van der Waals surface area contributed by atoms with Crippen molar-refractivity contribution >= 4 is 11.8 Å². The standard InChI is InChI=1S/C16H21NO4/c1-10(2)14(19)8-7-11(18)9-17-15(20)12-5-3-4-6-13(12)16(17)21/h3-6,10-11,14,18-19H,7-9H2,1-2H3/t11-,14?/m0/s1. The quantitative estimate of drug-likeness (QED) is 0.777. The Kier molecular flexibility index (Phi) is 4.75. The predicted octanol–water partition coefficient (Wildman–Crippen LogP) is 1.44. The molecular formula is C16H21NO4. The Morgan fingerprint density at radius 3 is 2.00 bits per heavy atom. The third-order valence-corrected chi connectivity index (χ3v) is 3.84. The van der Waals surface area contributed by atoms with E-state index in [1.165, 1.54) is 0 Å². The van der Waals surface area contributed by atoms with Gasteiger partial charge in [0.2, 0.25) is 0 Å². The molecule has 5 nitrogen and oxygen atoms in total. The highest BCUT2D eigenvalue weighted by molar-refractivity contribution is 6.21. The molecule has 2 amide bonds. The molecule has 1 unspecified atom stereocenters. The average molecular weight is 291 g/mol. The molecule has 0 radical (unpaired) electrons. The van der Waals surface area contributed by atoms with E-state index in [4.69, 9.17) is 0 Å². The van der Waals surface area contributed by atoms with Gasteiger partial charge in [-0.05, 0) is 30.9 Å². The van der Waals surface area contributed by atoms with Crippen LogP contribution in [0.2, 0.25) is 0 Å². The second-order valence-electron chi connectivity index (χ2n) is 5.81. The van der Waals surface area contributed by atoms with Crippen molar-refractivity contribution in [2.24, 2.45) is 5.92 Å². The van der Waals surface area contributed by atoms with Gasteiger partial charge in [-0.15, -0.1) is 0 Å². The summed E-state index contributed by atoms with van der Waals surface area (Å²) in [7, 11) is 0. The van der Waals surface area contributed by atoms with Crippen LogP contribution in [-0.2, 0) is 0 Å². The Bertz CT molecular complexity index is 506. The van der Waals surface area contributed by atoms with Crippen molar-refractivity contribution in [1.82, 2.24) is 4.90 Å². The number of imide groups is 1. The first-order valence-corrected chi connectivity index (χ1v) is 7.23. The molecule has 1 heterocycles. The van der Waals surface area contributed by atoms with E-state index in [2.05, 4.69) is 0 Å². The van der Waals surface area contributed by atoms with Gasteiger partial charge in [0.25, 0.3) is 11.8 Å². The zero-order valence-electron chi connectivity index (χ0n) is 12.3. The summed E-state index contributed by atoms with van der Waals surface area (Å²) in [5.74, 6) is -0.602. The number of carbonyl (C=O) groups excluding carboxylic acids is 2. The Morgan fingerprint density at radius 1 is 1.00 bits per heavy atom. The zero-order chi connectivity index (χ0) is 15.6. The van der Waals surface area contributed by atoms with Crippen LogP contribution in [0.4, 0.5) is 0 Å². The minimum atomic E-state index is -0.819. The summed E-state index contributed by atoms with van der Waals surface area (Å²) in [6.45, 7) is 3.78. The first kappa shape index (κ1) is 15.7. The fraction of sp³-hybridized carbons (Fsp3) is 0.500. The number of fused-ring (bicyclic) bond motifs is 1. The molecule has 2 atom stereocenters. The van der Waals surface area contributed by atoms with Gasteiger partial charge in [0.05, 0.1) is 29.9 Å². The fourth-order valence-corrected chi connectivity index (χ4v) is 2.40. The third-order valence-electron chi connectivity index (χ3n) is 3.84. The van der Waals surface area contributed by atoms with E-state index in [9.17, 15) is 19.8 Å². The van der Waals surface area contributed by atoms with E-state index in [-0.39, 0.29) is 24.3 Å². The van der Waals surface area contributed by atoms with Crippen molar-refractivity contribution < 1.29 is 19.8 Å². The molecule has 1 aliphatic heterocycles. The molecule has 0 bridgehead atoms. The van der Waals surface area contributed by atoms with Gasteiger partial charge in [-0.2, -0.15) is 0 Å². The molecule has 21 heavy (non-hydrogen) atoms. The minimum absolute atomic E-state index is 0.0306. The Balaban J connectivity index is 1.95. The molecule has 0 aromatic heterocycles. The first-order chi connectivity index (χ1) is 9.91. The summed E-state index contributed by atoms with van der Waals surface area (Å²) < 4.78 is 0. The molecule has 1 aromatic carbocycles. The van der Waals surface area contributed by atoms with Crippen LogP contribution in [-0.4, -0.2) is 45.7 Å². The predicted molar refractivity (Wildman–Crippen MR) is 77.9 cm³/mol. The number of nitrogens with zero attached hydrogens (tertiary/aromatic N) is 1. The van der Waals surface area contributed by atoms with Crippen molar-refractivity contribution in [3.8, 4) is 0 Å². The summed E-state index contributed by atoms with van der Waals surface area (Å²) in [4.78, 5) is 25.3. The maximum absolute atomic E-state index is 12.1. The van der Waals surface area contributed by atoms with E-state index >= 15 is 0 Å². The minimum Gasteiger partial charge on any atom is -0.393 e. The second kappa shape index (κ2) is 6.37. The highest BCUT2D eigenvalue weighted by atomic mass is 16.3. The van der Waals surface area contributed by atoms with E-state index < -0.39 is 12.2 Å². The summed E-state index contributed by atoms with van der Waals surface area (Å²) in [5.41, 5.74) is 0.772. The van der Waals surface area contributed by atoms with Gasteiger partial charge in [-0.25, -0.2) is 0 Å². The number of aliphatic hydroxyl groups is 2. The van der Waals surface area contributed by atoms with E-state index in [1.807, 2.05) is 13.8 Å². The topological polar surface area (TPSA) is 77.8 Å². The van der Waals surface area contributed by atoms with Crippen LogP contribution in [0.5, 0.6) is 0 Å². The summed E-state index contributed by atoms with van der Waals surface area (Å²) >= 11 is 0. The lowest BCUT2D eigenvalue weighted by Crippen LogP contribution is -2.37. The molecule has 5 heteroatoms. The fourth-order valence-electron chi connectivity index (χ4n) is 2.40. The highest BCUT2D eigenvalue weighted by Gasteiger charge is 2.36. The number of hydrogen-bond acceptors (Lipinski definition) is 4. The molecule has 0 aliphatic carbocycles. The maximum atomic E-state index is 12.1. The lowest BCUT2D eigenvalue weighted by Gasteiger charge is -2.20. The van der Waals surface area contributed by atoms with Crippen LogP contribution in [0.3, 0.4) is 0 Å². The Labute approximate surface area is 124 Å². The van der Waals surface area contributed by atoms with Crippen molar-refractivity contribution in [2.45, 2.75) is 38.9 Å². The third kappa shape index (κ3) is 3.31. The van der Waals surface area contributed by atoms with Gasteiger partial charge in [0.1, 0.15) is 0 Å². The van der Waals surface area contributed by atoms with E-state index in [0.717, 1.165) is 4.90 Å². The molecular weight excluding hydrogens is 270 g/mol. The molecule has 0 spiro atoms.